The van der Waals surface area contributed by atoms with Gasteiger partial charge in [0.2, 0.25) is 11.6 Å². The van der Waals surface area contributed by atoms with Gasteiger partial charge >= 0.3 is 0 Å². The number of carbonyl (C=O) groups is 1. The van der Waals surface area contributed by atoms with Crippen molar-refractivity contribution in [1.82, 2.24) is 30.7 Å². The molecule has 0 aliphatic heterocycles. The molecule has 0 atom stereocenters. The average molecular weight is 450 g/mol. The second kappa shape index (κ2) is 9.26. The highest BCUT2D eigenvalue weighted by Crippen LogP contribution is 2.16. The standard InChI is InChI=1S/C21H19FN8O3/c1-12(15-5-9-17(10-6-15)32-11-14-3-7-16(22)8-4-14)24-26-21(31)18-13(2)25-29-30(18)20-19(23)27-33-28-20/h3-10H,11H2,1-2H3,(H2,23,27)(H,26,31)/b24-12+. The molecule has 0 saturated carbocycles. The largest absolute Gasteiger partial charge is 0.489 e. The number of benzene rings is 2. The van der Waals surface area contributed by atoms with E-state index in [1.54, 1.807) is 38.1 Å². The van der Waals surface area contributed by atoms with Crippen LogP contribution in [-0.4, -0.2) is 36.9 Å². The van der Waals surface area contributed by atoms with Crippen LogP contribution in [0.1, 0.15) is 34.2 Å². The maximum absolute atomic E-state index is 13.0. The smallest absolute Gasteiger partial charge is 0.292 e. The van der Waals surface area contributed by atoms with Gasteiger partial charge in [-0.05, 0) is 71.7 Å². The fourth-order valence-electron chi connectivity index (χ4n) is 2.90. The molecule has 12 heteroatoms. The number of carbonyl (C=O) groups excluding carboxylic acids is 1. The molecule has 2 aromatic heterocycles. The Balaban J connectivity index is 1.41. The summed E-state index contributed by atoms with van der Waals surface area (Å²) in [6.07, 6.45) is 0. The zero-order valence-corrected chi connectivity index (χ0v) is 17.7. The van der Waals surface area contributed by atoms with E-state index in [1.807, 2.05) is 12.1 Å². The molecule has 0 aliphatic rings. The number of nitrogens with two attached hydrogens (primary N) is 1. The number of rotatable bonds is 7. The van der Waals surface area contributed by atoms with Gasteiger partial charge in [0, 0.05) is 0 Å². The summed E-state index contributed by atoms with van der Waals surface area (Å²) in [5.74, 6) is -0.184. The highest BCUT2D eigenvalue weighted by molar-refractivity contribution is 6.00. The molecule has 0 saturated heterocycles. The molecular weight excluding hydrogens is 431 g/mol. The van der Waals surface area contributed by atoms with Crippen LogP contribution in [0.4, 0.5) is 10.2 Å². The fraction of sp³-hybridized carbons (Fsp3) is 0.143. The summed E-state index contributed by atoms with van der Waals surface area (Å²) >= 11 is 0. The maximum atomic E-state index is 13.0. The Morgan fingerprint density at radius 2 is 1.91 bits per heavy atom. The lowest BCUT2D eigenvalue weighted by Crippen LogP contribution is -2.24. The molecule has 4 aromatic rings. The third kappa shape index (κ3) is 4.84. The van der Waals surface area contributed by atoms with Crippen LogP contribution in [0, 0.1) is 12.7 Å². The maximum Gasteiger partial charge on any atom is 0.292 e. The number of hydrogen-bond acceptors (Lipinski definition) is 9. The summed E-state index contributed by atoms with van der Waals surface area (Å²) in [7, 11) is 0. The summed E-state index contributed by atoms with van der Waals surface area (Å²) in [5.41, 5.74) is 10.8. The molecule has 0 bridgehead atoms. The van der Waals surface area contributed by atoms with Gasteiger partial charge in [0.05, 0.1) is 11.4 Å². The van der Waals surface area contributed by atoms with Crippen LogP contribution < -0.4 is 15.9 Å². The van der Waals surface area contributed by atoms with Crippen LogP contribution >= 0.6 is 0 Å². The molecular formula is C21H19FN8O3. The molecule has 2 heterocycles. The molecule has 0 radical (unpaired) electrons. The topological polar surface area (TPSA) is 146 Å². The lowest BCUT2D eigenvalue weighted by molar-refractivity contribution is 0.0946. The van der Waals surface area contributed by atoms with Crippen molar-refractivity contribution in [3.63, 3.8) is 0 Å². The number of anilines is 1. The predicted molar refractivity (Wildman–Crippen MR) is 115 cm³/mol. The zero-order chi connectivity index (χ0) is 23.4. The van der Waals surface area contributed by atoms with Gasteiger partial charge in [-0.15, -0.1) is 5.10 Å². The van der Waals surface area contributed by atoms with Gasteiger partial charge < -0.3 is 10.5 Å². The third-order valence-electron chi connectivity index (χ3n) is 4.67. The Bertz CT molecular complexity index is 1300. The molecule has 11 nitrogen and oxygen atoms in total. The highest BCUT2D eigenvalue weighted by Gasteiger charge is 2.22. The summed E-state index contributed by atoms with van der Waals surface area (Å²) in [5, 5.41) is 19.0. The summed E-state index contributed by atoms with van der Waals surface area (Å²) in [4.78, 5) is 12.7. The van der Waals surface area contributed by atoms with Gasteiger partial charge in [0.15, 0.2) is 5.69 Å². The molecule has 2 aromatic carbocycles. The Morgan fingerprint density at radius 1 is 1.18 bits per heavy atom. The zero-order valence-electron chi connectivity index (χ0n) is 17.7. The van der Waals surface area contributed by atoms with E-state index in [2.05, 4.69) is 35.8 Å². The first-order valence-electron chi connectivity index (χ1n) is 9.75. The fourth-order valence-corrected chi connectivity index (χ4v) is 2.90. The van der Waals surface area contributed by atoms with Crippen LogP contribution in [0.5, 0.6) is 5.75 Å². The number of nitrogens with one attached hydrogen (secondary N) is 1. The van der Waals surface area contributed by atoms with Crippen molar-refractivity contribution in [1.29, 1.82) is 0 Å². The lowest BCUT2D eigenvalue weighted by Gasteiger charge is -2.08. The number of halogens is 1. The van der Waals surface area contributed by atoms with Crippen molar-refractivity contribution in [3.8, 4) is 11.6 Å². The predicted octanol–water partition coefficient (Wildman–Crippen LogP) is 2.41. The normalized spacial score (nSPS) is 11.4. The van der Waals surface area contributed by atoms with Gasteiger partial charge in [0.1, 0.15) is 18.2 Å². The van der Waals surface area contributed by atoms with E-state index in [4.69, 9.17) is 10.5 Å². The van der Waals surface area contributed by atoms with Crippen molar-refractivity contribution in [2.75, 3.05) is 5.73 Å². The van der Waals surface area contributed by atoms with Crippen molar-refractivity contribution < 1.29 is 18.6 Å². The van der Waals surface area contributed by atoms with Crippen LogP contribution in [0.15, 0.2) is 58.3 Å². The number of nitrogen functional groups attached to an aromatic ring is 1. The van der Waals surface area contributed by atoms with Gasteiger partial charge in [-0.2, -0.15) is 9.78 Å². The minimum atomic E-state index is -0.557. The van der Waals surface area contributed by atoms with Crippen molar-refractivity contribution in [2.24, 2.45) is 5.10 Å². The first kappa shape index (κ1) is 21.6. The molecule has 4 rings (SSSR count). The molecule has 168 valence electrons. The van der Waals surface area contributed by atoms with Gasteiger partial charge in [-0.1, -0.05) is 17.3 Å². The van der Waals surface area contributed by atoms with Crippen molar-refractivity contribution in [3.05, 3.63) is 76.9 Å². The van der Waals surface area contributed by atoms with Crippen molar-refractivity contribution in [2.45, 2.75) is 20.5 Å². The number of hydrogen-bond donors (Lipinski definition) is 2. The van der Waals surface area contributed by atoms with E-state index in [-0.39, 0.29) is 23.1 Å². The quantitative estimate of drug-likeness (QED) is 0.322. The lowest BCUT2D eigenvalue weighted by atomic mass is 10.1. The summed E-state index contributed by atoms with van der Waals surface area (Å²) in [6, 6.07) is 13.3. The molecule has 3 N–H and O–H groups in total. The number of hydrazone groups is 1. The average Bonchev–Trinajstić information content (AvgIpc) is 3.42. The molecule has 0 fully saturated rings. The van der Waals surface area contributed by atoms with Gasteiger partial charge in [-0.3, -0.25) is 4.79 Å². The number of nitrogens with zero attached hydrogens (tertiary/aromatic N) is 6. The van der Waals surface area contributed by atoms with Crippen LogP contribution in [0.2, 0.25) is 0 Å². The number of ether oxygens (including phenoxy) is 1. The Morgan fingerprint density at radius 3 is 2.58 bits per heavy atom. The van der Waals surface area contributed by atoms with Gasteiger partial charge in [-0.25, -0.2) is 14.4 Å². The van der Waals surface area contributed by atoms with Crippen LogP contribution in [-0.2, 0) is 6.61 Å². The van der Waals surface area contributed by atoms with Crippen LogP contribution in [0.25, 0.3) is 5.82 Å². The number of aryl methyl sites for hydroxylation is 1. The molecule has 33 heavy (non-hydrogen) atoms. The minimum absolute atomic E-state index is 0.0321. The SMILES string of the molecule is C/C(=N\NC(=O)c1c(C)nnn1-c1nonc1N)c1ccc(OCc2ccc(F)cc2)cc1. The van der Waals surface area contributed by atoms with Gasteiger partial charge in [0.25, 0.3) is 5.91 Å². The highest BCUT2D eigenvalue weighted by atomic mass is 19.1. The summed E-state index contributed by atoms with van der Waals surface area (Å²) < 4.78 is 24.4. The van der Waals surface area contributed by atoms with E-state index < -0.39 is 5.91 Å². The van der Waals surface area contributed by atoms with E-state index in [0.717, 1.165) is 15.8 Å². The van der Waals surface area contributed by atoms with E-state index >= 15 is 0 Å². The molecule has 0 spiro atoms. The number of amides is 1. The Hall–Kier alpha value is -4.61. The second-order valence-electron chi connectivity index (χ2n) is 6.99. The molecule has 0 unspecified atom stereocenters. The van der Waals surface area contributed by atoms with Crippen molar-refractivity contribution >= 4 is 17.4 Å². The first-order chi connectivity index (χ1) is 15.9. The molecule has 1 amide bonds. The summed E-state index contributed by atoms with van der Waals surface area (Å²) in [6.45, 7) is 3.68. The molecule has 0 aliphatic carbocycles. The Labute approximate surface area is 187 Å². The van der Waals surface area contributed by atoms with E-state index in [9.17, 15) is 9.18 Å². The Kier molecular flexibility index (Phi) is 6.06. The van der Waals surface area contributed by atoms with E-state index in [0.29, 0.717) is 23.8 Å². The van der Waals surface area contributed by atoms with Crippen LogP contribution in [0.3, 0.4) is 0 Å². The minimum Gasteiger partial charge on any atom is -0.489 e. The second-order valence-corrected chi connectivity index (χ2v) is 6.99. The first-order valence-corrected chi connectivity index (χ1v) is 9.75. The van der Waals surface area contributed by atoms with E-state index in [1.165, 1.54) is 12.1 Å². The third-order valence-corrected chi connectivity index (χ3v) is 4.67. The number of aromatic nitrogens is 5. The monoisotopic (exact) mass is 450 g/mol.